The lowest BCUT2D eigenvalue weighted by molar-refractivity contribution is -0.134. The number of aryl methyl sites for hydroxylation is 1. The maximum absolute atomic E-state index is 15.0. The third-order valence-corrected chi connectivity index (χ3v) is 11.2. The number of piperazine rings is 1. The molecule has 1 unspecified atom stereocenters. The van der Waals surface area contributed by atoms with Gasteiger partial charge in [-0.25, -0.2) is 9.37 Å². The topological polar surface area (TPSA) is 175 Å². The highest BCUT2D eigenvalue weighted by molar-refractivity contribution is 6.01. The first-order chi connectivity index (χ1) is 28.3. The van der Waals surface area contributed by atoms with E-state index < -0.39 is 23.5 Å². The molecule has 14 nitrogen and oxygen atoms in total. The number of benzene rings is 2. The standard InChI is InChI=1S/C44H47FN10O4/c1-25-20-28(7-10-31(25)26(2)48-42(58)40-50-43(59-53-40)44(3,4)5)38-34-22-29(23-47-39(34)52-51-38)36-12-8-30(24-46-36)55-18-16-54(17-19-55)15-14-27-6-9-32(35(45)21-27)33-11-13-37(56)49-41(33)57/h6-10,12,20-24,26,33H,11,13-19H2,1-5H3,(H,48,58)(H,47,51,52)(H,49,56,57)/t26-,33?/m1/s1. The van der Waals surface area contributed by atoms with Crippen LogP contribution in [0.4, 0.5) is 10.1 Å². The summed E-state index contributed by atoms with van der Waals surface area (Å²) in [7, 11) is 0. The van der Waals surface area contributed by atoms with E-state index in [1.807, 2.05) is 65.1 Å². The van der Waals surface area contributed by atoms with E-state index in [0.29, 0.717) is 29.9 Å². The Balaban J connectivity index is 0.870. The molecule has 0 aliphatic carbocycles. The first-order valence-corrected chi connectivity index (χ1v) is 20.0. The number of nitrogens with one attached hydrogen (secondary N) is 3. The van der Waals surface area contributed by atoms with Gasteiger partial charge in [0.25, 0.3) is 11.7 Å². The van der Waals surface area contributed by atoms with Crippen molar-refractivity contribution in [2.24, 2.45) is 0 Å². The second kappa shape index (κ2) is 16.1. The fraction of sp³-hybridized carbons (Fsp3) is 0.364. The molecule has 2 aliphatic rings. The molecule has 8 rings (SSSR count). The molecule has 15 heteroatoms. The molecule has 304 valence electrons. The zero-order valence-electron chi connectivity index (χ0n) is 33.8. The Morgan fingerprint density at radius 2 is 1.81 bits per heavy atom. The van der Waals surface area contributed by atoms with Crippen molar-refractivity contribution in [2.75, 3.05) is 37.6 Å². The van der Waals surface area contributed by atoms with Gasteiger partial charge in [0, 0.05) is 72.8 Å². The number of aromatic amines is 1. The molecule has 3 N–H and O–H groups in total. The van der Waals surface area contributed by atoms with Crippen LogP contribution >= 0.6 is 0 Å². The van der Waals surface area contributed by atoms with Gasteiger partial charge < -0.3 is 14.7 Å². The maximum Gasteiger partial charge on any atom is 0.293 e. The molecule has 2 saturated heterocycles. The van der Waals surface area contributed by atoms with E-state index in [4.69, 9.17) is 9.51 Å². The lowest BCUT2D eigenvalue weighted by Gasteiger charge is -2.36. The van der Waals surface area contributed by atoms with Gasteiger partial charge in [0.2, 0.25) is 17.7 Å². The third kappa shape index (κ3) is 8.46. The lowest BCUT2D eigenvalue weighted by Crippen LogP contribution is -2.47. The largest absolute Gasteiger partial charge is 0.368 e. The molecule has 0 radical (unpaired) electrons. The van der Waals surface area contributed by atoms with Crippen LogP contribution in [-0.4, -0.2) is 85.7 Å². The van der Waals surface area contributed by atoms with Crippen molar-refractivity contribution in [3.63, 3.8) is 0 Å². The van der Waals surface area contributed by atoms with Crippen LogP contribution in [0.25, 0.3) is 33.5 Å². The van der Waals surface area contributed by atoms with Gasteiger partial charge in [-0.05, 0) is 73.7 Å². The average molecular weight is 799 g/mol. The van der Waals surface area contributed by atoms with Gasteiger partial charge in [-0.3, -0.25) is 34.7 Å². The van der Waals surface area contributed by atoms with Crippen LogP contribution in [0.1, 0.15) is 91.3 Å². The van der Waals surface area contributed by atoms with Crippen LogP contribution in [0.3, 0.4) is 0 Å². The molecule has 2 aliphatic heterocycles. The van der Waals surface area contributed by atoms with Crippen molar-refractivity contribution >= 4 is 34.4 Å². The van der Waals surface area contributed by atoms with Gasteiger partial charge in [0.1, 0.15) is 5.82 Å². The Morgan fingerprint density at radius 3 is 2.51 bits per heavy atom. The number of nitrogens with zero attached hydrogens (tertiary/aromatic N) is 7. The number of aromatic nitrogens is 6. The SMILES string of the molecule is Cc1cc(-c2[nH]nc3ncc(-c4ccc(N5CCN(CCc6ccc(C7CCC(=O)NC7=O)c(F)c6)CC5)cn4)cc23)ccc1[C@@H](C)NC(=O)c1noc(C(C)(C)C)n1. The average Bonchev–Trinajstić information content (AvgIpc) is 3.90. The van der Waals surface area contributed by atoms with Crippen LogP contribution in [0.15, 0.2) is 71.5 Å². The minimum atomic E-state index is -0.629. The number of carbonyl (C=O) groups is 3. The molecule has 59 heavy (non-hydrogen) atoms. The summed E-state index contributed by atoms with van der Waals surface area (Å²) in [5, 5.41) is 17.7. The number of amides is 3. The van der Waals surface area contributed by atoms with Crippen LogP contribution in [0.5, 0.6) is 0 Å². The summed E-state index contributed by atoms with van der Waals surface area (Å²) in [5.41, 5.74) is 7.94. The minimum Gasteiger partial charge on any atom is -0.368 e. The van der Waals surface area contributed by atoms with Crippen LogP contribution in [0, 0.1) is 12.7 Å². The van der Waals surface area contributed by atoms with E-state index in [0.717, 1.165) is 83.0 Å². The summed E-state index contributed by atoms with van der Waals surface area (Å²) in [5.74, 6) is -1.75. The summed E-state index contributed by atoms with van der Waals surface area (Å²) in [6, 6.07) is 17.0. The number of imide groups is 1. The second-order valence-electron chi connectivity index (χ2n) is 16.5. The highest BCUT2D eigenvalue weighted by Gasteiger charge is 2.30. The molecule has 6 heterocycles. The van der Waals surface area contributed by atoms with Gasteiger partial charge in [0.15, 0.2) is 5.65 Å². The van der Waals surface area contributed by atoms with E-state index in [1.165, 1.54) is 6.07 Å². The van der Waals surface area contributed by atoms with Crippen LogP contribution < -0.4 is 15.5 Å². The Hall–Kier alpha value is -6.35. The normalized spacial score (nSPS) is 17.0. The number of halogens is 1. The Morgan fingerprint density at radius 1 is 1.00 bits per heavy atom. The molecule has 4 aromatic heterocycles. The molecular weight excluding hydrogens is 752 g/mol. The zero-order valence-corrected chi connectivity index (χ0v) is 33.8. The van der Waals surface area contributed by atoms with E-state index in [1.54, 1.807) is 12.3 Å². The number of piperidine rings is 1. The highest BCUT2D eigenvalue weighted by Crippen LogP contribution is 2.32. The van der Waals surface area contributed by atoms with Gasteiger partial charge in [-0.15, -0.1) is 0 Å². The predicted molar refractivity (Wildman–Crippen MR) is 220 cm³/mol. The van der Waals surface area contributed by atoms with Gasteiger partial charge >= 0.3 is 0 Å². The molecule has 2 atom stereocenters. The Bertz CT molecular complexity index is 2540. The molecular formula is C44H47FN10O4. The van der Waals surface area contributed by atoms with Crippen molar-refractivity contribution in [1.82, 2.24) is 45.8 Å². The highest BCUT2D eigenvalue weighted by atomic mass is 19.1. The first kappa shape index (κ1) is 39.5. The summed E-state index contributed by atoms with van der Waals surface area (Å²) in [4.78, 5) is 55.1. The van der Waals surface area contributed by atoms with Crippen molar-refractivity contribution in [3.05, 3.63) is 107 Å². The quantitative estimate of drug-likeness (QED) is 0.135. The maximum atomic E-state index is 15.0. The number of anilines is 1. The Labute approximate surface area is 341 Å². The van der Waals surface area contributed by atoms with Gasteiger partial charge in [-0.2, -0.15) is 10.1 Å². The van der Waals surface area contributed by atoms with Crippen molar-refractivity contribution in [2.45, 2.75) is 71.3 Å². The molecule has 3 amide bonds. The fourth-order valence-corrected chi connectivity index (χ4v) is 7.80. The molecule has 6 aromatic rings. The first-order valence-electron chi connectivity index (χ1n) is 20.0. The summed E-state index contributed by atoms with van der Waals surface area (Å²) in [6.45, 7) is 14.0. The summed E-state index contributed by atoms with van der Waals surface area (Å²) in [6.07, 6.45) is 4.94. The van der Waals surface area contributed by atoms with Crippen LogP contribution in [-0.2, 0) is 21.4 Å². The molecule has 0 saturated carbocycles. The number of hydrogen-bond acceptors (Lipinski definition) is 11. The second-order valence-corrected chi connectivity index (χ2v) is 16.5. The molecule has 0 bridgehead atoms. The molecule has 2 fully saturated rings. The predicted octanol–water partition coefficient (Wildman–Crippen LogP) is 6.19. The third-order valence-electron chi connectivity index (χ3n) is 11.2. The van der Waals surface area contributed by atoms with Crippen molar-refractivity contribution in [1.29, 1.82) is 0 Å². The smallest absolute Gasteiger partial charge is 0.293 e. The molecule has 2 aromatic carbocycles. The fourth-order valence-electron chi connectivity index (χ4n) is 7.80. The summed E-state index contributed by atoms with van der Waals surface area (Å²) < 4.78 is 20.3. The lowest BCUT2D eigenvalue weighted by atomic mass is 9.89. The van der Waals surface area contributed by atoms with E-state index >= 15 is 4.39 Å². The monoisotopic (exact) mass is 798 g/mol. The summed E-state index contributed by atoms with van der Waals surface area (Å²) >= 11 is 0. The Kier molecular flexibility index (Phi) is 10.8. The van der Waals surface area contributed by atoms with Gasteiger partial charge in [-0.1, -0.05) is 50.2 Å². The number of rotatable bonds is 10. The van der Waals surface area contributed by atoms with Crippen LogP contribution in [0.2, 0.25) is 0 Å². The van der Waals surface area contributed by atoms with Crippen molar-refractivity contribution in [3.8, 4) is 22.5 Å². The van der Waals surface area contributed by atoms with E-state index in [9.17, 15) is 14.4 Å². The van der Waals surface area contributed by atoms with Gasteiger partial charge in [0.05, 0.1) is 35.2 Å². The van der Waals surface area contributed by atoms with Crippen molar-refractivity contribution < 1.29 is 23.3 Å². The van der Waals surface area contributed by atoms with E-state index in [2.05, 4.69) is 64.0 Å². The number of carbonyl (C=O) groups excluding carboxylic acids is 3. The van der Waals surface area contributed by atoms with E-state index in [-0.39, 0.29) is 29.6 Å². The number of hydrogen-bond donors (Lipinski definition) is 3. The minimum absolute atomic E-state index is 0.00779. The number of pyridine rings is 2. The molecule has 0 spiro atoms. The number of fused-ring (bicyclic) bond motifs is 1. The number of H-pyrrole nitrogens is 1. The zero-order chi connectivity index (χ0) is 41.4.